The molecular weight excluding hydrogens is 253 g/mol. The topological polar surface area (TPSA) is 42.2 Å². The molecule has 106 valence electrons. The van der Waals surface area contributed by atoms with Gasteiger partial charge in [0.25, 0.3) is 0 Å². The molecule has 0 atom stereocenters. The van der Waals surface area contributed by atoms with Gasteiger partial charge < -0.3 is 10.6 Å². The van der Waals surface area contributed by atoms with Crippen LogP contribution in [0.4, 0.5) is 4.39 Å². The van der Waals surface area contributed by atoms with E-state index >= 15 is 0 Å². The van der Waals surface area contributed by atoms with Gasteiger partial charge in [-0.25, -0.2) is 4.39 Å². The van der Waals surface area contributed by atoms with Crippen LogP contribution in [0.1, 0.15) is 16.8 Å². The number of nitrogens with two attached hydrogens (primary N) is 1. The molecule has 0 radical (unpaired) electrons. The first-order valence-electron chi connectivity index (χ1n) is 6.75. The number of hydrogen-bond donors (Lipinski definition) is 1. The van der Waals surface area contributed by atoms with Gasteiger partial charge in [0.05, 0.1) is 0 Å². The Balaban J connectivity index is 1.93. The Hall–Kier alpha value is -1.78. The predicted molar refractivity (Wildman–Crippen MR) is 78.6 cm³/mol. The first kappa shape index (κ1) is 14.6. The third kappa shape index (κ3) is 3.85. The standard InChI is InChI=1S/C16H20FN3/c1-20(10-8-15-7-2-3-9-19-15)12-14-6-4-5-13(11-18)16(14)17/h2-7,9H,8,10-12,18H2,1H3. The SMILES string of the molecule is CN(CCc1ccccn1)Cc1cccc(CN)c1F. The Kier molecular flexibility index (Phi) is 5.21. The summed E-state index contributed by atoms with van der Waals surface area (Å²) in [6, 6.07) is 11.3. The highest BCUT2D eigenvalue weighted by Crippen LogP contribution is 2.14. The number of benzene rings is 1. The van der Waals surface area contributed by atoms with Crippen molar-refractivity contribution in [3.05, 3.63) is 65.2 Å². The van der Waals surface area contributed by atoms with Crippen molar-refractivity contribution in [1.29, 1.82) is 0 Å². The van der Waals surface area contributed by atoms with Crippen molar-refractivity contribution >= 4 is 0 Å². The Labute approximate surface area is 119 Å². The van der Waals surface area contributed by atoms with Crippen molar-refractivity contribution in [2.75, 3.05) is 13.6 Å². The maximum Gasteiger partial charge on any atom is 0.132 e. The number of rotatable bonds is 6. The summed E-state index contributed by atoms with van der Waals surface area (Å²) in [6.07, 6.45) is 2.65. The number of pyridine rings is 1. The molecule has 1 heterocycles. The highest BCUT2D eigenvalue weighted by atomic mass is 19.1. The van der Waals surface area contributed by atoms with Crippen LogP contribution in [-0.2, 0) is 19.5 Å². The molecule has 0 amide bonds. The third-order valence-electron chi connectivity index (χ3n) is 3.29. The molecule has 4 heteroatoms. The predicted octanol–water partition coefficient (Wildman–Crippen LogP) is 2.35. The zero-order chi connectivity index (χ0) is 14.4. The van der Waals surface area contributed by atoms with E-state index in [1.807, 2.05) is 37.4 Å². The summed E-state index contributed by atoms with van der Waals surface area (Å²) in [5, 5.41) is 0. The van der Waals surface area contributed by atoms with E-state index in [-0.39, 0.29) is 12.4 Å². The first-order chi connectivity index (χ1) is 9.70. The van der Waals surface area contributed by atoms with Crippen molar-refractivity contribution in [2.45, 2.75) is 19.5 Å². The van der Waals surface area contributed by atoms with Crippen LogP contribution in [0.3, 0.4) is 0 Å². The monoisotopic (exact) mass is 273 g/mol. The average Bonchev–Trinajstić information content (AvgIpc) is 2.48. The van der Waals surface area contributed by atoms with Crippen LogP contribution in [0, 0.1) is 5.82 Å². The molecular formula is C16H20FN3. The van der Waals surface area contributed by atoms with Gasteiger partial charge in [0.2, 0.25) is 0 Å². The molecule has 0 unspecified atom stereocenters. The van der Waals surface area contributed by atoms with E-state index in [0.29, 0.717) is 17.7 Å². The normalized spacial score (nSPS) is 11.0. The molecule has 0 bridgehead atoms. The highest BCUT2D eigenvalue weighted by molar-refractivity contribution is 5.25. The molecule has 0 fully saturated rings. The largest absolute Gasteiger partial charge is 0.326 e. The van der Waals surface area contributed by atoms with Crippen LogP contribution in [0.5, 0.6) is 0 Å². The molecule has 0 aliphatic rings. The molecule has 2 rings (SSSR count). The Bertz CT molecular complexity index is 543. The Morgan fingerprint density at radius 3 is 2.65 bits per heavy atom. The molecule has 0 spiro atoms. The third-order valence-corrected chi connectivity index (χ3v) is 3.29. The molecule has 2 N–H and O–H groups in total. The van der Waals surface area contributed by atoms with Gasteiger partial charge in [-0.15, -0.1) is 0 Å². The zero-order valence-corrected chi connectivity index (χ0v) is 11.7. The summed E-state index contributed by atoms with van der Waals surface area (Å²) in [6.45, 7) is 1.65. The van der Waals surface area contributed by atoms with Gasteiger partial charge in [0.1, 0.15) is 5.82 Å². The van der Waals surface area contributed by atoms with Crippen molar-refractivity contribution in [3.63, 3.8) is 0 Å². The van der Waals surface area contributed by atoms with Crippen molar-refractivity contribution < 1.29 is 4.39 Å². The van der Waals surface area contributed by atoms with Crippen LogP contribution in [0.2, 0.25) is 0 Å². The summed E-state index contributed by atoms with van der Waals surface area (Å²) in [5.74, 6) is -0.181. The quantitative estimate of drug-likeness (QED) is 0.878. The molecule has 3 nitrogen and oxygen atoms in total. The second kappa shape index (κ2) is 7.12. The van der Waals surface area contributed by atoms with Crippen molar-refractivity contribution in [1.82, 2.24) is 9.88 Å². The molecule has 0 saturated heterocycles. The summed E-state index contributed by atoms with van der Waals surface area (Å²) < 4.78 is 14.1. The lowest BCUT2D eigenvalue weighted by molar-refractivity contribution is 0.324. The smallest absolute Gasteiger partial charge is 0.132 e. The number of aromatic nitrogens is 1. The van der Waals surface area contributed by atoms with Crippen LogP contribution in [0.25, 0.3) is 0 Å². The van der Waals surface area contributed by atoms with Gasteiger partial charge >= 0.3 is 0 Å². The van der Waals surface area contributed by atoms with Crippen LogP contribution in [-0.4, -0.2) is 23.5 Å². The maximum absolute atomic E-state index is 14.1. The summed E-state index contributed by atoms with van der Waals surface area (Å²) >= 11 is 0. The van der Waals surface area contributed by atoms with Crippen LogP contribution >= 0.6 is 0 Å². The Morgan fingerprint density at radius 1 is 1.15 bits per heavy atom. The lowest BCUT2D eigenvalue weighted by Crippen LogP contribution is -2.22. The molecule has 20 heavy (non-hydrogen) atoms. The first-order valence-corrected chi connectivity index (χ1v) is 6.75. The van der Waals surface area contributed by atoms with E-state index in [9.17, 15) is 4.39 Å². The highest BCUT2D eigenvalue weighted by Gasteiger charge is 2.09. The molecule has 0 aliphatic carbocycles. The van der Waals surface area contributed by atoms with Crippen molar-refractivity contribution in [3.8, 4) is 0 Å². The van der Waals surface area contributed by atoms with E-state index in [0.717, 1.165) is 18.7 Å². The minimum absolute atomic E-state index is 0.181. The van der Waals surface area contributed by atoms with Gasteiger partial charge in [0.15, 0.2) is 0 Å². The second-order valence-electron chi connectivity index (χ2n) is 4.90. The fourth-order valence-corrected chi connectivity index (χ4v) is 2.13. The van der Waals surface area contributed by atoms with Gasteiger partial charge in [-0.3, -0.25) is 4.98 Å². The summed E-state index contributed by atoms with van der Waals surface area (Å²) in [4.78, 5) is 6.38. The zero-order valence-electron chi connectivity index (χ0n) is 11.7. The summed E-state index contributed by atoms with van der Waals surface area (Å²) in [5.41, 5.74) is 7.84. The fraction of sp³-hybridized carbons (Fsp3) is 0.312. The number of nitrogens with zero attached hydrogens (tertiary/aromatic N) is 2. The molecule has 2 aromatic rings. The van der Waals surface area contributed by atoms with Gasteiger partial charge in [-0.1, -0.05) is 24.3 Å². The van der Waals surface area contributed by atoms with Gasteiger partial charge in [0, 0.05) is 49.1 Å². The van der Waals surface area contributed by atoms with E-state index in [4.69, 9.17) is 5.73 Å². The number of hydrogen-bond acceptors (Lipinski definition) is 3. The van der Waals surface area contributed by atoms with Gasteiger partial charge in [-0.2, -0.15) is 0 Å². The second-order valence-corrected chi connectivity index (χ2v) is 4.90. The molecule has 1 aromatic heterocycles. The summed E-state index contributed by atoms with van der Waals surface area (Å²) in [7, 11) is 1.98. The van der Waals surface area contributed by atoms with Crippen LogP contribution in [0.15, 0.2) is 42.6 Å². The lowest BCUT2D eigenvalue weighted by Gasteiger charge is -2.17. The minimum Gasteiger partial charge on any atom is -0.326 e. The maximum atomic E-state index is 14.1. The lowest BCUT2D eigenvalue weighted by atomic mass is 10.1. The molecule has 0 saturated carbocycles. The van der Waals surface area contributed by atoms with Crippen LogP contribution < -0.4 is 5.73 Å². The number of halogens is 1. The molecule has 0 aliphatic heterocycles. The average molecular weight is 273 g/mol. The van der Waals surface area contributed by atoms with E-state index in [1.54, 1.807) is 12.3 Å². The molecule has 1 aromatic carbocycles. The number of likely N-dealkylation sites (N-methyl/N-ethyl adjacent to an activating group) is 1. The van der Waals surface area contributed by atoms with Gasteiger partial charge in [-0.05, 0) is 19.2 Å². The van der Waals surface area contributed by atoms with E-state index < -0.39 is 0 Å². The van der Waals surface area contributed by atoms with Crippen molar-refractivity contribution in [2.24, 2.45) is 5.73 Å². The van der Waals surface area contributed by atoms with E-state index in [1.165, 1.54) is 0 Å². The Morgan fingerprint density at radius 2 is 1.95 bits per heavy atom. The minimum atomic E-state index is -0.181. The fourth-order valence-electron chi connectivity index (χ4n) is 2.13. The van der Waals surface area contributed by atoms with E-state index in [2.05, 4.69) is 9.88 Å².